The first-order valence-corrected chi connectivity index (χ1v) is 15.9. The van der Waals surface area contributed by atoms with Gasteiger partial charge in [0.1, 0.15) is 23.7 Å². The van der Waals surface area contributed by atoms with Crippen LogP contribution in [0.1, 0.15) is 64.5 Å². The lowest BCUT2D eigenvalue weighted by Crippen LogP contribution is -2.58. The van der Waals surface area contributed by atoms with Gasteiger partial charge >= 0.3 is 5.97 Å². The highest BCUT2D eigenvalue weighted by atomic mass is 16.6. The van der Waals surface area contributed by atoms with Gasteiger partial charge in [0.2, 0.25) is 17.7 Å². The number of allylic oxidation sites excluding steroid dienone is 1. The number of fused-ring (bicyclic) bond motifs is 2. The average Bonchev–Trinajstić information content (AvgIpc) is 3.42. The van der Waals surface area contributed by atoms with Gasteiger partial charge in [-0.2, -0.15) is 0 Å². The third-order valence-corrected chi connectivity index (χ3v) is 9.81. The Bertz CT molecular complexity index is 1290. The molecule has 1 N–H and O–H groups in total. The fourth-order valence-electron chi connectivity index (χ4n) is 7.23. The van der Waals surface area contributed by atoms with Crippen LogP contribution in [-0.2, 0) is 28.7 Å². The zero-order valence-corrected chi connectivity index (χ0v) is 26.1. The number of aliphatic hydroxyl groups is 1. The maximum Gasteiger partial charge on any atom is 0.313 e. The number of benzene rings is 1. The number of rotatable bonds is 7. The lowest BCUT2D eigenvalue weighted by atomic mass is 9.77. The van der Waals surface area contributed by atoms with Gasteiger partial charge in [0.05, 0.1) is 30.7 Å². The molecule has 8 atom stereocenters. The second kappa shape index (κ2) is 13.2. The number of carbonyl (C=O) groups excluding carboxylic acids is 4. The van der Waals surface area contributed by atoms with Crippen molar-refractivity contribution in [1.29, 1.82) is 0 Å². The maximum atomic E-state index is 14.5. The molecule has 4 aliphatic heterocycles. The van der Waals surface area contributed by atoms with E-state index in [-0.39, 0.29) is 24.8 Å². The monoisotopic (exact) mass is 607 g/mol. The largest absolute Gasteiger partial charge is 0.455 e. The molecule has 3 amide bonds. The van der Waals surface area contributed by atoms with Crippen LogP contribution in [0.2, 0.25) is 0 Å². The highest BCUT2D eigenvalue weighted by Gasteiger charge is 2.72. The Morgan fingerprint density at radius 1 is 1.07 bits per heavy atom. The molecule has 44 heavy (non-hydrogen) atoms. The van der Waals surface area contributed by atoms with E-state index in [0.29, 0.717) is 25.9 Å². The van der Waals surface area contributed by atoms with Crippen LogP contribution in [0.15, 0.2) is 54.6 Å². The first-order chi connectivity index (χ1) is 21.2. The zero-order chi connectivity index (χ0) is 31.6. The summed E-state index contributed by atoms with van der Waals surface area (Å²) >= 11 is 0. The molecule has 1 aromatic carbocycles. The molecule has 0 unspecified atom stereocenters. The van der Waals surface area contributed by atoms with E-state index in [1.54, 1.807) is 29.0 Å². The van der Waals surface area contributed by atoms with E-state index in [9.17, 15) is 24.3 Å². The van der Waals surface area contributed by atoms with Crippen molar-refractivity contribution < 1.29 is 33.8 Å². The lowest BCUT2D eigenvalue weighted by Gasteiger charge is -2.38. The number of hydrogen-bond acceptors (Lipinski definition) is 7. The molecule has 2 saturated heterocycles. The smallest absolute Gasteiger partial charge is 0.313 e. The number of esters is 1. The number of amides is 3. The molecule has 4 aliphatic rings. The van der Waals surface area contributed by atoms with Gasteiger partial charge in [-0.05, 0) is 31.7 Å². The normalized spacial score (nSPS) is 34.0. The van der Waals surface area contributed by atoms with Gasteiger partial charge in [-0.3, -0.25) is 19.2 Å². The number of unbranched alkanes of at least 4 members (excludes halogenated alkanes) is 1. The minimum absolute atomic E-state index is 0.0796. The molecule has 5 rings (SSSR count). The van der Waals surface area contributed by atoms with Crippen LogP contribution >= 0.6 is 0 Å². The molecule has 0 aliphatic carbocycles. The molecular formula is C34H45N3O7. The zero-order valence-electron chi connectivity index (χ0n) is 26.1. The van der Waals surface area contributed by atoms with Crippen LogP contribution in [0, 0.1) is 11.8 Å². The van der Waals surface area contributed by atoms with Crippen LogP contribution in [0.4, 0.5) is 0 Å². The Labute approximate surface area is 259 Å². The van der Waals surface area contributed by atoms with Gasteiger partial charge < -0.3 is 29.3 Å². The van der Waals surface area contributed by atoms with Crippen LogP contribution in [0.25, 0.3) is 0 Å². The summed E-state index contributed by atoms with van der Waals surface area (Å²) in [6.45, 7) is 6.34. The van der Waals surface area contributed by atoms with Crippen LogP contribution in [-0.4, -0.2) is 100 Å². The molecular weight excluding hydrogens is 562 g/mol. The van der Waals surface area contributed by atoms with Crippen molar-refractivity contribution in [2.75, 3.05) is 26.7 Å². The predicted octanol–water partition coefficient (Wildman–Crippen LogP) is 3.02. The van der Waals surface area contributed by atoms with Gasteiger partial charge in [0, 0.05) is 26.6 Å². The fourth-order valence-corrected chi connectivity index (χ4v) is 7.23. The van der Waals surface area contributed by atoms with E-state index in [0.717, 1.165) is 18.4 Å². The molecule has 10 heteroatoms. The highest BCUT2D eigenvalue weighted by Crippen LogP contribution is 2.54. The molecule has 0 saturated carbocycles. The van der Waals surface area contributed by atoms with Crippen molar-refractivity contribution in [3.05, 3.63) is 60.2 Å². The summed E-state index contributed by atoms with van der Waals surface area (Å²) in [4.78, 5) is 61.1. The maximum absolute atomic E-state index is 14.5. The summed E-state index contributed by atoms with van der Waals surface area (Å²) < 4.78 is 13.0. The molecule has 1 spiro atoms. The van der Waals surface area contributed by atoms with E-state index < -0.39 is 59.6 Å². The number of nitrogens with zero attached hydrogens (tertiary/aromatic N) is 3. The number of likely N-dealkylation sites (tertiary alicyclic amines) is 1. The Morgan fingerprint density at radius 2 is 1.82 bits per heavy atom. The molecule has 238 valence electrons. The van der Waals surface area contributed by atoms with Gasteiger partial charge in [-0.25, -0.2) is 0 Å². The van der Waals surface area contributed by atoms with Crippen molar-refractivity contribution in [2.45, 2.75) is 88.8 Å². The van der Waals surface area contributed by atoms with Crippen LogP contribution in [0.3, 0.4) is 0 Å². The van der Waals surface area contributed by atoms with Crippen LogP contribution < -0.4 is 0 Å². The van der Waals surface area contributed by atoms with Crippen molar-refractivity contribution in [3.63, 3.8) is 0 Å². The topological polar surface area (TPSA) is 117 Å². The van der Waals surface area contributed by atoms with E-state index in [1.807, 2.05) is 56.3 Å². The lowest BCUT2D eigenvalue weighted by molar-refractivity contribution is -0.164. The minimum Gasteiger partial charge on any atom is -0.455 e. The fraction of sp³-hybridized carbons (Fsp3) is 0.588. The van der Waals surface area contributed by atoms with Crippen LogP contribution in [0.5, 0.6) is 0 Å². The van der Waals surface area contributed by atoms with Gasteiger partial charge in [-0.1, -0.05) is 74.9 Å². The summed E-state index contributed by atoms with van der Waals surface area (Å²) in [6, 6.07) is 7.14. The first kappa shape index (κ1) is 31.9. The molecule has 0 aromatic heterocycles. The van der Waals surface area contributed by atoms with E-state index >= 15 is 0 Å². The number of cyclic esters (lactones) is 1. The van der Waals surface area contributed by atoms with Gasteiger partial charge in [0.25, 0.3) is 0 Å². The van der Waals surface area contributed by atoms with E-state index in [1.165, 1.54) is 4.90 Å². The number of aliphatic hydroxyl groups excluding tert-OH is 1. The number of ether oxygens (including phenoxy) is 2. The standard InChI is InChI=1S/C34H45N3O7/c1-5-7-19-36-20-13-18-34-28(31(40)37(24(6-2)21-38)30(34)32(36)41)27-25(44-34)16-11-12-17-26(39)35(4)22(3)29(43-33(27)42)23-14-9-8-10-15-23/h8-11,13-16,18,22,24-25,27-30,38H,5-7,12,17,19-21H2,1-4H3/b16-11-/t22-,24+,25-,27+,28+,29+,30-,34+/m1/s1. The quantitative estimate of drug-likeness (QED) is 0.374. The highest BCUT2D eigenvalue weighted by molar-refractivity contribution is 5.99. The second-order valence-corrected chi connectivity index (χ2v) is 12.4. The third kappa shape index (κ3) is 5.47. The van der Waals surface area contributed by atoms with E-state index in [4.69, 9.17) is 9.47 Å². The SMILES string of the molecule is CCCCN1CC=C[C@]23O[C@@H]4/C=C\CCC(=O)N(C)[C@H](C)[C@@H](c5ccccc5)OC(=O)[C@@H]4[C@H]2C(=O)N([C@@H](CC)CO)[C@@H]3C1=O. The van der Waals surface area contributed by atoms with Gasteiger partial charge in [0.15, 0.2) is 0 Å². The second-order valence-electron chi connectivity index (χ2n) is 12.4. The van der Waals surface area contributed by atoms with Crippen molar-refractivity contribution in [2.24, 2.45) is 11.8 Å². The minimum atomic E-state index is -1.42. The molecule has 4 heterocycles. The Hall–Kier alpha value is -3.50. The molecule has 1 aromatic rings. The Balaban J connectivity index is 1.62. The molecule has 0 bridgehead atoms. The van der Waals surface area contributed by atoms with Gasteiger partial charge in [-0.15, -0.1) is 0 Å². The first-order valence-electron chi connectivity index (χ1n) is 15.9. The summed E-state index contributed by atoms with van der Waals surface area (Å²) in [5, 5.41) is 10.3. The molecule has 10 nitrogen and oxygen atoms in total. The van der Waals surface area contributed by atoms with E-state index in [2.05, 4.69) is 6.92 Å². The summed E-state index contributed by atoms with van der Waals surface area (Å²) in [5.41, 5.74) is -0.692. The van der Waals surface area contributed by atoms with Crippen molar-refractivity contribution in [1.82, 2.24) is 14.7 Å². The average molecular weight is 608 g/mol. The number of hydrogen-bond donors (Lipinski definition) is 1. The molecule has 2 fully saturated rings. The summed E-state index contributed by atoms with van der Waals surface area (Å²) in [6.07, 6.45) is 8.39. The van der Waals surface area contributed by atoms with Crippen molar-refractivity contribution in [3.8, 4) is 0 Å². The summed E-state index contributed by atoms with van der Waals surface area (Å²) in [5.74, 6) is -3.42. The third-order valence-electron chi connectivity index (χ3n) is 9.81. The molecule has 0 radical (unpaired) electrons. The predicted molar refractivity (Wildman–Crippen MR) is 163 cm³/mol. The Morgan fingerprint density at radius 3 is 2.50 bits per heavy atom. The number of carbonyl (C=O) groups is 4. The number of likely N-dealkylation sites (N-methyl/N-ethyl adjacent to an activating group) is 1. The summed E-state index contributed by atoms with van der Waals surface area (Å²) in [7, 11) is 1.71. The Kier molecular flexibility index (Phi) is 9.60. The van der Waals surface area contributed by atoms with Crippen molar-refractivity contribution >= 4 is 23.7 Å².